The van der Waals surface area contributed by atoms with E-state index in [1.807, 2.05) is 30.7 Å². The van der Waals surface area contributed by atoms with Crippen LogP contribution in [0, 0.1) is 6.92 Å². The van der Waals surface area contributed by atoms with E-state index < -0.39 is 0 Å². The van der Waals surface area contributed by atoms with Crippen LogP contribution >= 0.6 is 11.3 Å². The van der Waals surface area contributed by atoms with Gasteiger partial charge in [-0.2, -0.15) is 0 Å². The molecule has 1 unspecified atom stereocenters. The smallest absolute Gasteiger partial charge is 0.0659 e. The molecule has 0 saturated carbocycles. The predicted octanol–water partition coefficient (Wildman–Crippen LogP) is 4.26. The molecule has 2 aromatic heterocycles. The highest BCUT2D eigenvalue weighted by Gasteiger charge is 2.20. The molecule has 0 aliphatic carbocycles. The van der Waals surface area contributed by atoms with Crippen molar-refractivity contribution in [1.29, 1.82) is 0 Å². The van der Waals surface area contributed by atoms with Crippen LogP contribution in [-0.4, -0.2) is 35.5 Å². The molecular formula is C19H23N3S. The lowest BCUT2D eigenvalue weighted by Crippen LogP contribution is -2.15. The molecule has 3 rings (SSSR count). The van der Waals surface area contributed by atoms with Crippen LogP contribution in [0.2, 0.25) is 0 Å². The summed E-state index contributed by atoms with van der Waals surface area (Å²) in [6.45, 7) is 5.28. The summed E-state index contributed by atoms with van der Waals surface area (Å²) in [7, 11) is 4.25. The largest absolute Gasteiger partial charge is 0.309 e. The Kier molecular flexibility index (Phi) is 4.74. The van der Waals surface area contributed by atoms with Crippen molar-refractivity contribution in [2.75, 3.05) is 20.6 Å². The SMILES string of the molecule is Cc1cnc(C(C)c2c(CCN(C)C)sc3ccccc23)cn1. The van der Waals surface area contributed by atoms with Gasteiger partial charge in [0.2, 0.25) is 0 Å². The second-order valence-electron chi connectivity index (χ2n) is 6.29. The highest BCUT2D eigenvalue weighted by molar-refractivity contribution is 7.19. The van der Waals surface area contributed by atoms with E-state index >= 15 is 0 Å². The summed E-state index contributed by atoms with van der Waals surface area (Å²) < 4.78 is 1.36. The van der Waals surface area contributed by atoms with E-state index in [4.69, 9.17) is 0 Å². The molecule has 3 nitrogen and oxygen atoms in total. The van der Waals surface area contributed by atoms with Gasteiger partial charge in [-0.1, -0.05) is 25.1 Å². The van der Waals surface area contributed by atoms with E-state index in [0.717, 1.165) is 24.4 Å². The number of hydrogen-bond donors (Lipinski definition) is 0. The molecule has 0 aliphatic rings. The van der Waals surface area contributed by atoms with Crippen molar-refractivity contribution in [3.63, 3.8) is 0 Å². The van der Waals surface area contributed by atoms with Gasteiger partial charge in [0, 0.05) is 34.4 Å². The molecule has 23 heavy (non-hydrogen) atoms. The van der Waals surface area contributed by atoms with Crippen molar-refractivity contribution in [2.45, 2.75) is 26.2 Å². The first-order valence-electron chi connectivity index (χ1n) is 8.00. The van der Waals surface area contributed by atoms with Gasteiger partial charge in [-0.05, 0) is 44.5 Å². The highest BCUT2D eigenvalue weighted by atomic mass is 32.1. The van der Waals surface area contributed by atoms with Crippen LogP contribution in [0.25, 0.3) is 10.1 Å². The molecule has 1 atom stereocenters. The number of fused-ring (bicyclic) bond motifs is 1. The zero-order chi connectivity index (χ0) is 16.4. The zero-order valence-electron chi connectivity index (χ0n) is 14.2. The lowest BCUT2D eigenvalue weighted by Gasteiger charge is -2.15. The van der Waals surface area contributed by atoms with Gasteiger partial charge in [0.1, 0.15) is 0 Å². The number of hydrogen-bond acceptors (Lipinski definition) is 4. The first-order valence-corrected chi connectivity index (χ1v) is 8.81. The summed E-state index contributed by atoms with van der Waals surface area (Å²) >= 11 is 1.92. The third-order valence-electron chi connectivity index (χ3n) is 4.17. The Morgan fingerprint density at radius 2 is 1.91 bits per heavy atom. The molecule has 0 aliphatic heterocycles. The second-order valence-corrected chi connectivity index (χ2v) is 7.43. The number of aromatic nitrogens is 2. The molecule has 0 spiro atoms. The number of nitrogens with zero attached hydrogens (tertiary/aromatic N) is 3. The van der Waals surface area contributed by atoms with Crippen molar-refractivity contribution in [3.8, 4) is 0 Å². The molecule has 0 fully saturated rings. The summed E-state index contributed by atoms with van der Waals surface area (Å²) in [5.41, 5.74) is 3.43. The number of thiophene rings is 1. The summed E-state index contributed by atoms with van der Waals surface area (Å²) in [4.78, 5) is 12.7. The van der Waals surface area contributed by atoms with E-state index in [9.17, 15) is 0 Å². The molecule has 0 saturated heterocycles. The predicted molar refractivity (Wildman–Crippen MR) is 98.4 cm³/mol. The lowest BCUT2D eigenvalue weighted by atomic mass is 9.94. The van der Waals surface area contributed by atoms with Crippen molar-refractivity contribution in [2.24, 2.45) is 0 Å². The van der Waals surface area contributed by atoms with Crippen LogP contribution in [0.3, 0.4) is 0 Å². The van der Waals surface area contributed by atoms with E-state index in [-0.39, 0.29) is 5.92 Å². The summed E-state index contributed by atoms with van der Waals surface area (Å²) in [5, 5.41) is 1.36. The number of rotatable bonds is 5. The van der Waals surface area contributed by atoms with Crippen LogP contribution in [0.4, 0.5) is 0 Å². The molecule has 3 aromatic rings. The molecule has 0 bridgehead atoms. The highest BCUT2D eigenvalue weighted by Crippen LogP contribution is 2.38. The average Bonchev–Trinajstić information content (AvgIpc) is 2.91. The van der Waals surface area contributed by atoms with Gasteiger partial charge in [0.15, 0.2) is 0 Å². The fourth-order valence-corrected chi connectivity index (χ4v) is 4.17. The maximum atomic E-state index is 4.61. The molecular weight excluding hydrogens is 302 g/mol. The summed E-state index contributed by atoms with van der Waals surface area (Å²) in [6.07, 6.45) is 4.85. The van der Waals surface area contributed by atoms with Gasteiger partial charge in [0.25, 0.3) is 0 Å². The Labute approximate surface area is 142 Å². The fraction of sp³-hybridized carbons (Fsp3) is 0.368. The number of aryl methyl sites for hydroxylation is 1. The normalized spacial score (nSPS) is 12.9. The summed E-state index contributed by atoms with van der Waals surface area (Å²) in [5.74, 6) is 0.261. The van der Waals surface area contributed by atoms with Gasteiger partial charge in [0.05, 0.1) is 11.4 Å². The number of benzene rings is 1. The quantitative estimate of drug-likeness (QED) is 0.702. The van der Waals surface area contributed by atoms with Crippen LogP contribution in [0.1, 0.15) is 34.7 Å². The van der Waals surface area contributed by atoms with Gasteiger partial charge in [-0.3, -0.25) is 9.97 Å². The van der Waals surface area contributed by atoms with E-state index in [1.54, 1.807) is 0 Å². The number of likely N-dealkylation sites (N-methyl/N-ethyl adjacent to an activating group) is 1. The lowest BCUT2D eigenvalue weighted by molar-refractivity contribution is 0.414. The molecule has 4 heteroatoms. The van der Waals surface area contributed by atoms with Gasteiger partial charge in [-0.15, -0.1) is 11.3 Å². The van der Waals surface area contributed by atoms with E-state index in [2.05, 4.69) is 60.2 Å². The Hall–Kier alpha value is -1.78. The Balaban J connectivity index is 2.06. The Bertz CT molecular complexity index is 790. The topological polar surface area (TPSA) is 29.0 Å². The monoisotopic (exact) mass is 325 g/mol. The van der Waals surface area contributed by atoms with Crippen molar-refractivity contribution in [1.82, 2.24) is 14.9 Å². The molecule has 0 radical (unpaired) electrons. The minimum atomic E-state index is 0.261. The van der Waals surface area contributed by atoms with Crippen LogP contribution in [0.5, 0.6) is 0 Å². The fourth-order valence-electron chi connectivity index (χ4n) is 2.88. The van der Waals surface area contributed by atoms with E-state index in [0.29, 0.717) is 0 Å². The minimum absolute atomic E-state index is 0.261. The standard InChI is InChI=1S/C19H23N3S/c1-13-11-21-16(12-20-13)14(2)19-15-7-5-6-8-17(15)23-18(19)9-10-22(3)4/h5-8,11-12,14H,9-10H2,1-4H3. The zero-order valence-corrected chi connectivity index (χ0v) is 15.0. The first-order chi connectivity index (χ1) is 11.1. The minimum Gasteiger partial charge on any atom is -0.309 e. The van der Waals surface area contributed by atoms with Crippen LogP contribution in [-0.2, 0) is 6.42 Å². The van der Waals surface area contributed by atoms with Gasteiger partial charge < -0.3 is 4.90 Å². The van der Waals surface area contributed by atoms with Gasteiger partial charge >= 0.3 is 0 Å². The maximum absolute atomic E-state index is 4.61. The molecule has 120 valence electrons. The van der Waals surface area contributed by atoms with Crippen LogP contribution in [0.15, 0.2) is 36.7 Å². The third-order valence-corrected chi connectivity index (χ3v) is 5.42. The second kappa shape index (κ2) is 6.77. The van der Waals surface area contributed by atoms with Crippen LogP contribution < -0.4 is 0 Å². The average molecular weight is 325 g/mol. The Morgan fingerprint density at radius 3 is 2.61 bits per heavy atom. The molecule has 0 N–H and O–H groups in total. The first kappa shape index (κ1) is 16.1. The summed E-state index contributed by atoms with van der Waals surface area (Å²) in [6, 6.07) is 8.70. The molecule has 1 aromatic carbocycles. The van der Waals surface area contributed by atoms with Crippen molar-refractivity contribution in [3.05, 3.63) is 58.5 Å². The van der Waals surface area contributed by atoms with E-state index in [1.165, 1.54) is 20.5 Å². The molecule has 0 amide bonds. The maximum Gasteiger partial charge on any atom is 0.0659 e. The Morgan fingerprint density at radius 1 is 1.13 bits per heavy atom. The third kappa shape index (κ3) is 3.43. The van der Waals surface area contributed by atoms with Gasteiger partial charge in [-0.25, -0.2) is 0 Å². The van der Waals surface area contributed by atoms with Crippen molar-refractivity contribution >= 4 is 21.4 Å². The molecule has 2 heterocycles. The van der Waals surface area contributed by atoms with Crippen molar-refractivity contribution < 1.29 is 0 Å².